The van der Waals surface area contributed by atoms with Crippen LogP contribution in [0.4, 0.5) is 0 Å². The van der Waals surface area contributed by atoms with Crippen LogP contribution in [0.1, 0.15) is 28.2 Å². The van der Waals surface area contributed by atoms with Crippen LogP contribution in [0.5, 0.6) is 0 Å². The van der Waals surface area contributed by atoms with Crippen molar-refractivity contribution in [1.82, 2.24) is 5.06 Å². The molecule has 1 rings (SSSR count). The van der Waals surface area contributed by atoms with Crippen molar-refractivity contribution in [3.8, 4) is 0 Å². The predicted molar refractivity (Wildman–Crippen MR) is 61.5 cm³/mol. The fourth-order valence-electron chi connectivity index (χ4n) is 0.913. The summed E-state index contributed by atoms with van der Waals surface area (Å²) >= 11 is 0. The van der Waals surface area contributed by atoms with Crippen molar-refractivity contribution < 1.29 is 10.0 Å². The summed E-state index contributed by atoms with van der Waals surface area (Å²) in [5.41, 5.74) is 0.0902. The number of carbonyl (C=O) groups excluding carboxylic acids is 1. The van der Waals surface area contributed by atoms with E-state index in [0.717, 1.165) is 5.06 Å². The summed E-state index contributed by atoms with van der Waals surface area (Å²) in [6, 6.07) is 0. The second-order valence-corrected chi connectivity index (χ2v) is 4.18. The van der Waals surface area contributed by atoms with Crippen LogP contribution >= 0.6 is 0 Å². The van der Waals surface area contributed by atoms with Gasteiger partial charge in [-0.05, 0) is 32.9 Å². The number of hydrogen-bond acceptors (Lipinski definition) is 3. The second-order valence-electron chi connectivity index (χ2n) is 4.18. The van der Waals surface area contributed by atoms with E-state index in [1.807, 2.05) is 20.8 Å². The Labute approximate surface area is 91.4 Å². The Morgan fingerprint density at radius 2 is 1.80 bits per heavy atom. The van der Waals surface area contributed by atoms with E-state index in [0.29, 0.717) is 5.57 Å². The van der Waals surface area contributed by atoms with Crippen molar-refractivity contribution in [3.05, 3.63) is 36.1 Å². The van der Waals surface area contributed by atoms with Gasteiger partial charge >= 0.3 is 0 Å². The first-order valence-electron chi connectivity index (χ1n) is 4.50. The molecule has 1 aliphatic carbocycles. The molecular weight excluding hydrogens is 190 g/mol. The highest BCUT2D eigenvalue weighted by Gasteiger charge is 2.17. The smallest absolute Gasteiger partial charge is 0.187 e. The molecule has 0 unspecified atom stereocenters. The Kier molecular flexibility index (Phi) is 4.49. The molecule has 0 aromatic heterocycles. The van der Waals surface area contributed by atoms with Crippen molar-refractivity contribution in [2.24, 2.45) is 0 Å². The molecule has 0 fully saturated rings. The number of hydroxylamine groups is 2. The maximum Gasteiger partial charge on any atom is 0.187 e. The van der Waals surface area contributed by atoms with Crippen LogP contribution in [-0.2, 0) is 4.79 Å². The molecule has 0 saturated heterocycles. The van der Waals surface area contributed by atoms with Crippen molar-refractivity contribution >= 4 is 5.78 Å². The highest BCUT2D eigenvalue weighted by atomic mass is 16.5. The van der Waals surface area contributed by atoms with E-state index < -0.39 is 5.54 Å². The molecule has 1 N–H and O–H groups in total. The van der Waals surface area contributed by atoms with E-state index in [1.54, 1.807) is 18.2 Å². The number of nitrogens with zero attached hydrogens (tertiary/aromatic N) is 1. The Hall–Kier alpha value is -1.35. The lowest BCUT2D eigenvalue weighted by Crippen LogP contribution is -2.34. The van der Waals surface area contributed by atoms with E-state index in [1.165, 1.54) is 12.3 Å². The van der Waals surface area contributed by atoms with Crippen LogP contribution in [-0.4, -0.2) is 21.6 Å². The summed E-state index contributed by atoms with van der Waals surface area (Å²) in [6.45, 7) is 5.57. The monoisotopic (exact) mass is 209 g/mol. The summed E-state index contributed by atoms with van der Waals surface area (Å²) in [6.07, 6.45) is 8.05. The van der Waals surface area contributed by atoms with E-state index >= 15 is 0 Å². The fourth-order valence-corrected chi connectivity index (χ4v) is 0.913. The zero-order valence-corrected chi connectivity index (χ0v) is 8.69. The highest BCUT2D eigenvalue weighted by molar-refractivity contribution is 6.07. The molecule has 0 saturated carbocycles. The van der Waals surface area contributed by atoms with Gasteiger partial charge in [0.1, 0.15) is 0 Å². The van der Waals surface area contributed by atoms with Crippen LogP contribution in [0.15, 0.2) is 36.1 Å². The molecule has 3 nitrogen and oxygen atoms in total. The number of ketones is 1. The summed E-state index contributed by atoms with van der Waals surface area (Å²) in [5.74, 6) is -0.0872. The summed E-state index contributed by atoms with van der Waals surface area (Å²) in [5, 5.41) is 10.6. The normalized spacial score (nSPS) is 17.9. The number of rotatable bonds is 1. The van der Waals surface area contributed by atoms with E-state index in [-0.39, 0.29) is 13.2 Å². The number of hydrogen-bond donors (Lipinski definition) is 1. The minimum atomic E-state index is -0.401. The van der Waals surface area contributed by atoms with Gasteiger partial charge in [-0.15, -0.1) is 0 Å². The average Bonchev–Trinajstić information content (AvgIpc) is 2.07. The predicted octanol–water partition coefficient (Wildman–Crippen LogP) is 2.69. The number of carbonyl (C=O) groups is 1. The standard InChI is InChI=1S/C11H15NO2.CH4/c1-11(2,3)12(14)8-9-6-4-5-7-10(9)13;/h4-8,14H,1-3H3;1H4. The van der Waals surface area contributed by atoms with Crippen LogP contribution in [0.25, 0.3) is 0 Å². The maximum atomic E-state index is 11.3. The molecule has 0 amide bonds. The lowest BCUT2D eigenvalue weighted by atomic mass is 10.1. The molecule has 0 radical (unpaired) electrons. The second kappa shape index (κ2) is 4.94. The summed E-state index contributed by atoms with van der Waals surface area (Å²) in [7, 11) is 0. The SMILES string of the molecule is C.CC(C)(C)N(O)C=C1C=CC=CC1=O. The molecule has 0 bridgehead atoms. The lowest BCUT2D eigenvalue weighted by molar-refractivity contribution is -0.116. The average molecular weight is 209 g/mol. The molecule has 84 valence electrons. The molecule has 15 heavy (non-hydrogen) atoms. The minimum Gasteiger partial charge on any atom is -0.289 e. The molecule has 0 aromatic rings. The van der Waals surface area contributed by atoms with E-state index in [4.69, 9.17) is 0 Å². The number of allylic oxidation sites excluding steroid dienone is 5. The molecule has 1 aliphatic rings. The van der Waals surface area contributed by atoms with Gasteiger partial charge in [-0.2, -0.15) is 0 Å². The van der Waals surface area contributed by atoms with E-state index in [2.05, 4.69) is 0 Å². The quantitative estimate of drug-likeness (QED) is 0.533. The van der Waals surface area contributed by atoms with Crippen molar-refractivity contribution in [2.75, 3.05) is 0 Å². The van der Waals surface area contributed by atoms with Gasteiger partial charge in [-0.25, -0.2) is 0 Å². The Morgan fingerprint density at radius 1 is 1.27 bits per heavy atom. The van der Waals surface area contributed by atoms with Crippen molar-refractivity contribution in [1.29, 1.82) is 0 Å². The molecule has 3 heteroatoms. The summed E-state index contributed by atoms with van der Waals surface area (Å²) < 4.78 is 0. The molecule has 0 spiro atoms. The maximum absolute atomic E-state index is 11.3. The molecular formula is C12H19NO2. The molecule has 0 aromatic carbocycles. The third kappa shape index (κ3) is 3.72. The Bertz CT molecular complexity index is 319. The minimum absolute atomic E-state index is 0. The highest BCUT2D eigenvalue weighted by Crippen LogP contribution is 2.14. The fraction of sp³-hybridized carbons (Fsp3) is 0.417. The summed E-state index contributed by atoms with van der Waals surface area (Å²) in [4.78, 5) is 11.3. The van der Waals surface area contributed by atoms with Crippen LogP contribution in [0, 0.1) is 0 Å². The van der Waals surface area contributed by atoms with Gasteiger partial charge in [-0.3, -0.25) is 15.1 Å². The Balaban J connectivity index is 0.00000196. The first kappa shape index (κ1) is 13.7. The zero-order chi connectivity index (χ0) is 10.8. The van der Waals surface area contributed by atoms with Crippen molar-refractivity contribution in [3.63, 3.8) is 0 Å². The third-order valence-corrected chi connectivity index (χ3v) is 1.87. The topological polar surface area (TPSA) is 40.5 Å². The third-order valence-electron chi connectivity index (χ3n) is 1.87. The van der Waals surface area contributed by atoms with Crippen molar-refractivity contribution in [2.45, 2.75) is 33.7 Å². The zero-order valence-electron chi connectivity index (χ0n) is 8.69. The van der Waals surface area contributed by atoms with Gasteiger partial charge in [0, 0.05) is 11.8 Å². The van der Waals surface area contributed by atoms with Crippen LogP contribution < -0.4 is 0 Å². The lowest BCUT2D eigenvalue weighted by Gasteiger charge is -2.28. The van der Waals surface area contributed by atoms with E-state index in [9.17, 15) is 10.0 Å². The first-order chi connectivity index (χ1) is 6.41. The van der Waals surface area contributed by atoms with Gasteiger partial charge in [0.05, 0.1) is 5.54 Å². The largest absolute Gasteiger partial charge is 0.289 e. The first-order valence-corrected chi connectivity index (χ1v) is 4.50. The van der Waals surface area contributed by atoms with Gasteiger partial charge in [0.25, 0.3) is 0 Å². The molecule has 0 aliphatic heterocycles. The van der Waals surface area contributed by atoms with Crippen LogP contribution in [0.3, 0.4) is 0 Å². The van der Waals surface area contributed by atoms with Gasteiger partial charge < -0.3 is 0 Å². The van der Waals surface area contributed by atoms with Gasteiger partial charge in [-0.1, -0.05) is 19.6 Å². The Morgan fingerprint density at radius 3 is 2.27 bits per heavy atom. The molecule has 0 heterocycles. The molecule has 0 atom stereocenters. The van der Waals surface area contributed by atoms with Gasteiger partial charge in [0.15, 0.2) is 5.78 Å². The van der Waals surface area contributed by atoms with Crippen LogP contribution in [0.2, 0.25) is 0 Å². The van der Waals surface area contributed by atoms with Gasteiger partial charge in [0.2, 0.25) is 0 Å².